The number of carbonyl (C=O) groups excluding carboxylic acids is 4. The average molecular weight is 605 g/mol. The molecule has 0 saturated carbocycles. The van der Waals surface area contributed by atoms with Crippen LogP contribution < -0.4 is 9.96 Å². The number of thiophene rings is 1. The van der Waals surface area contributed by atoms with Crippen LogP contribution in [0.2, 0.25) is 0 Å². The number of furan rings is 1. The van der Waals surface area contributed by atoms with Crippen molar-refractivity contribution in [1.29, 1.82) is 0 Å². The lowest BCUT2D eigenvalue weighted by Gasteiger charge is -2.27. The van der Waals surface area contributed by atoms with Crippen LogP contribution in [0.3, 0.4) is 0 Å². The normalized spacial score (nSPS) is 19.6. The van der Waals surface area contributed by atoms with E-state index < -0.39 is 47.6 Å². The molecule has 2 aliphatic heterocycles. The lowest BCUT2D eigenvalue weighted by molar-refractivity contribution is -0.126. The number of amides is 2. The van der Waals surface area contributed by atoms with E-state index >= 15 is 0 Å². The highest BCUT2D eigenvalue weighted by atomic mass is 32.1. The Morgan fingerprint density at radius 1 is 0.977 bits per heavy atom. The zero-order valence-corrected chi connectivity index (χ0v) is 24.1. The smallest absolute Gasteiger partial charge is 0.348 e. The van der Waals surface area contributed by atoms with Gasteiger partial charge in [-0.2, -0.15) is 0 Å². The van der Waals surface area contributed by atoms with Gasteiger partial charge >= 0.3 is 11.9 Å². The first-order valence-corrected chi connectivity index (χ1v) is 14.2. The molecule has 0 radical (unpaired) electrons. The molecule has 0 bridgehead atoms. The Morgan fingerprint density at radius 3 is 2.37 bits per heavy atom. The van der Waals surface area contributed by atoms with E-state index in [1.807, 2.05) is 6.07 Å². The van der Waals surface area contributed by atoms with Crippen molar-refractivity contribution in [2.24, 2.45) is 5.92 Å². The number of anilines is 2. The van der Waals surface area contributed by atoms with Crippen LogP contribution in [0.15, 0.2) is 71.1 Å². The molecule has 6 rings (SSSR count). The molecule has 2 aliphatic rings. The SMILES string of the molecule is CCOC(=O)c1sc(N2C(=O)C3ON(c4ccccc4)C(c4ccc(-c5ccc(F)cc5)o4)C3C2=O)c(C(=O)OC)c1C. The fraction of sp³-hybridized carbons (Fsp3) is 0.226. The molecule has 0 N–H and O–H groups in total. The summed E-state index contributed by atoms with van der Waals surface area (Å²) in [5.74, 6) is -3.54. The molecule has 12 heteroatoms. The number of halogens is 1. The Bertz CT molecular complexity index is 1730. The van der Waals surface area contributed by atoms with Crippen molar-refractivity contribution in [3.8, 4) is 11.3 Å². The molecular weight excluding hydrogens is 579 g/mol. The zero-order chi connectivity index (χ0) is 30.4. The molecule has 2 fully saturated rings. The third-order valence-electron chi connectivity index (χ3n) is 7.35. The van der Waals surface area contributed by atoms with Crippen LogP contribution in [0.25, 0.3) is 11.3 Å². The Balaban J connectivity index is 1.43. The summed E-state index contributed by atoms with van der Waals surface area (Å²) < 4.78 is 29.8. The standard InChI is InChI=1S/C31H25FN2O8S/c1-4-40-31(38)26-16(2)22(30(37)39-3)29(43-26)33-27(35)23-24(21-15-14-20(41-21)17-10-12-18(32)13-11-17)34(42-25(23)28(33)36)19-8-6-5-7-9-19/h5-15,23-25H,4H2,1-3H3. The minimum absolute atomic E-state index is 0.0446. The maximum atomic E-state index is 14.2. The molecule has 220 valence electrons. The van der Waals surface area contributed by atoms with Crippen molar-refractivity contribution in [3.05, 3.63) is 94.3 Å². The van der Waals surface area contributed by atoms with Crippen LogP contribution in [-0.2, 0) is 23.9 Å². The number of benzene rings is 2. The molecule has 2 aromatic carbocycles. The summed E-state index contributed by atoms with van der Waals surface area (Å²) in [4.78, 5) is 60.8. The highest BCUT2D eigenvalue weighted by Gasteiger charge is 2.62. The molecule has 4 heterocycles. The van der Waals surface area contributed by atoms with E-state index in [9.17, 15) is 23.6 Å². The summed E-state index contributed by atoms with van der Waals surface area (Å²) in [5.41, 5.74) is 1.36. The Labute approximate surface area is 249 Å². The van der Waals surface area contributed by atoms with Crippen molar-refractivity contribution in [3.63, 3.8) is 0 Å². The van der Waals surface area contributed by atoms with Crippen molar-refractivity contribution < 1.29 is 42.3 Å². The minimum Gasteiger partial charge on any atom is -0.465 e. The van der Waals surface area contributed by atoms with Crippen LogP contribution in [0.5, 0.6) is 0 Å². The second-order valence-electron chi connectivity index (χ2n) is 9.83. The van der Waals surface area contributed by atoms with Gasteiger partial charge in [-0.1, -0.05) is 18.2 Å². The van der Waals surface area contributed by atoms with Gasteiger partial charge in [-0.05, 0) is 67.9 Å². The van der Waals surface area contributed by atoms with Gasteiger partial charge < -0.3 is 13.9 Å². The number of ether oxygens (including phenoxy) is 2. The molecule has 2 aromatic heterocycles. The van der Waals surface area contributed by atoms with Crippen LogP contribution in [0, 0.1) is 18.7 Å². The van der Waals surface area contributed by atoms with Gasteiger partial charge in [0.05, 0.1) is 25.0 Å². The number of esters is 2. The third kappa shape index (κ3) is 4.68. The second-order valence-corrected chi connectivity index (χ2v) is 10.8. The van der Waals surface area contributed by atoms with E-state index in [-0.39, 0.29) is 27.6 Å². The predicted molar refractivity (Wildman–Crippen MR) is 153 cm³/mol. The van der Waals surface area contributed by atoms with Gasteiger partial charge in [0, 0.05) is 5.56 Å². The van der Waals surface area contributed by atoms with E-state index in [4.69, 9.17) is 18.7 Å². The first-order valence-electron chi connectivity index (χ1n) is 13.4. The maximum Gasteiger partial charge on any atom is 0.348 e. The predicted octanol–water partition coefficient (Wildman–Crippen LogP) is 5.47. The lowest BCUT2D eigenvalue weighted by atomic mass is 9.94. The van der Waals surface area contributed by atoms with Gasteiger partial charge in [0.25, 0.3) is 5.91 Å². The monoisotopic (exact) mass is 604 g/mol. The highest BCUT2D eigenvalue weighted by molar-refractivity contribution is 7.19. The summed E-state index contributed by atoms with van der Waals surface area (Å²) in [7, 11) is 1.17. The largest absolute Gasteiger partial charge is 0.465 e. The van der Waals surface area contributed by atoms with E-state index in [2.05, 4.69) is 0 Å². The molecule has 10 nitrogen and oxygen atoms in total. The number of rotatable bonds is 7. The van der Waals surface area contributed by atoms with Gasteiger partial charge in [0.15, 0.2) is 6.10 Å². The lowest BCUT2D eigenvalue weighted by Crippen LogP contribution is -2.37. The summed E-state index contributed by atoms with van der Waals surface area (Å²) in [6.45, 7) is 3.27. The third-order valence-corrected chi connectivity index (χ3v) is 8.61. The van der Waals surface area contributed by atoms with Gasteiger partial charge in [0.1, 0.15) is 39.2 Å². The first-order chi connectivity index (χ1) is 20.7. The number of hydrogen-bond acceptors (Lipinski definition) is 10. The highest BCUT2D eigenvalue weighted by Crippen LogP contribution is 2.50. The molecule has 43 heavy (non-hydrogen) atoms. The van der Waals surface area contributed by atoms with E-state index in [0.29, 0.717) is 22.8 Å². The van der Waals surface area contributed by atoms with Crippen molar-refractivity contribution in [2.45, 2.75) is 26.0 Å². The van der Waals surface area contributed by atoms with E-state index in [1.165, 1.54) is 31.2 Å². The summed E-state index contributed by atoms with van der Waals surface area (Å²) in [5, 5.41) is 1.43. The Kier molecular flexibility index (Phi) is 7.32. The number of hydrogen-bond donors (Lipinski definition) is 0. The second kappa shape index (κ2) is 11.1. The quantitative estimate of drug-likeness (QED) is 0.200. The van der Waals surface area contributed by atoms with E-state index in [0.717, 1.165) is 16.2 Å². The van der Waals surface area contributed by atoms with Gasteiger partial charge in [0.2, 0.25) is 5.91 Å². The molecule has 4 aromatic rings. The fourth-order valence-electron chi connectivity index (χ4n) is 5.37. The van der Waals surface area contributed by atoms with Gasteiger partial charge in [-0.25, -0.2) is 23.9 Å². The molecule has 3 atom stereocenters. The average Bonchev–Trinajstić information content (AvgIpc) is 3.77. The summed E-state index contributed by atoms with van der Waals surface area (Å²) in [6.07, 6.45) is -1.25. The van der Waals surface area contributed by atoms with Crippen molar-refractivity contribution in [1.82, 2.24) is 0 Å². The number of para-hydroxylation sites is 1. The molecule has 3 unspecified atom stereocenters. The number of carbonyl (C=O) groups is 4. The Morgan fingerprint density at radius 2 is 1.70 bits per heavy atom. The van der Waals surface area contributed by atoms with Crippen LogP contribution >= 0.6 is 11.3 Å². The summed E-state index contributed by atoms with van der Waals surface area (Å²) >= 11 is 0.804. The van der Waals surface area contributed by atoms with Crippen LogP contribution in [0.1, 0.15) is 44.3 Å². The summed E-state index contributed by atoms with van der Waals surface area (Å²) in [6, 6.07) is 17.2. The molecule has 2 saturated heterocycles. The topological polar surface area (TPSA) is 116 Å². The molecule has 0 spiro atoms. The van der Waals surface area contributed by atoms with Gasteiger partial charge in [-0.15, -0.1) is 11.3 Å². The molecule has 0 aliphatic carbocycles. The van der Waals surface area contributed by atoms with Gasteiger partial charge in [-0.3, -0.25) is 14.4 Å². The first kappa shape index (κ1) is 28.3. The fourth-order valence-corrected chi connectivity index (χ4v) is 6.57. The van der Waals surface area contributed by atoms with Crippen molar-refractivity contribution >= 4 is 45.8 Å². The molecular formula is C31H25FN2O8S. The number of fused-ring (bicyclic) bond motifs is 1. The Hall–Kier alpha value is -4.81. The number of nitrogens with zero attached hydrogens (tertiary/aromatic N) is 2. The molecule has 2 amide bonds. The number of imide groups is 1. The van der Waals surface area contributed by atoms with Crippen molar-refractivity contribution in [2.75, 3.05) is 23.7 Å². The number of methoxy groups -OCH3 is 1. The van der Waals surface area contributed by atoms with Crippen LogP contribution in [0.4, 0.5) is 15.1 Å². The van der Waals surface area contributed by atoms with E-state index in [1.54, 1.807) is 55.5 Å². The van der Waals surface area contributed by atoms with Crippen LogP contribution in [-0.4, -0.2) is 43.6 Å². The zero-order valence-electron chi connectivity index (χ0n) is 23.2. The minimum atomic E-state index is -1.25. The number of hydroxylamine groups is 1. The maximum absolute atomic E-state index is 14.2.